The van der Waals surface area contributed by atoms with Gasteiger partial charge in [0, 0.05) is 29.6 Å². The Bertz CT molecular complexity index is 850. The summed E-state index contributed by atoms with van der Waals surface area (Å²) in [6.07, 6.45) is 1.88. The van der Waals surface area contributed by atoms with Crippen LogP contribution in [-0.2, 0) is 4.79 Å². The van der Waals surface area contributed by atoms with Crippen LogP contribution in [0.25, 0.3) is 0 Å². The standard InChI is InChI=1S/C18H21N3O2S/c1-10-5-11(2)16(12(3)6-10)20-15(22)7-14-9-24-18-19-8-13(4)17(23)21(14)18/h5-6,8,14H,7,9H2,1-4H3,(H,20,22). The zero-order chi connectivity index (χ0) is 17.4. The number of rotatable bonds is 3. The van der Waals surface area contributed by atoms with Crippen LogP contribution in [0.4, 0.5) is 5.69 Å². The summed E-state index contributed by atoms with van der Waals surface area (Å²) in [7, 11) is 0. The second-order valence-electron chi connectivity index (χ2n) is 6.39. The summed E-state index contributed by atoms with van der Waals surface area (Å²) >= 11 is 1.53. The molecule has 1 N–H and O–H groups in total. The highest BCUT2D eigenvalue weighted by Crippen LogP contribution is 2.32. The molecule has 1 unspecified atom stereocenters. The third-order valence-corrected chi connectivity index (χ3v) is 5.38. The fourth-order valence-corrected chi connectivity index (χ4v) is 4.26. The molecular formula is C18H21N3O2S. The van der Waals surface area contributed by atoms with E-state index in [2.05, 4.69) is 22.4 Å². The molecular weight excluding hydrogens is 322 g/mol. The van der Waals surface area contributed by atoms with Crippen molar-refractivity contribution in [2.75, 3.05) is 11.1 Å². The Labute approximate surface area is 145 Å². The highest BCUT2D eigenvalue weighted by Gasteiger charge is 2.27. The topological polar surface area (TPSA) is 64.0 Å². The lowest BCUT2D eigenvalue weighted by Gasteiger charge is -2.16. The van der Waals surface area contributed by atoms with Crippen molar-refractivity contribution in [3.05, 3.63) is 50.9 Å². The molecule has 3 rings (SSSR count). The highest BCUT2D eigenvalue weighted by atomic mass is 32.2. The summed E-state index contributed by atoms with van der Waals surface area (Å²) in [5.74, 6) is 0.627. The number of nitrogens with zero attached hydrogens (tertiary/aromatic N) is 2. The van der Waals surface area contributed by atoms with E-state index >= 15 is 0 Å². The molecule has 1 amide bonds. The van der Waals surface area contributed by atoms with Crippen LogP contribution < -0.4 is 10.9 Å². The van der Waals surface area contributed by atoms with E-state index < -0.39 is 0 Å². The van der Waals surface area contributed by atoms with E-state index in [4.69, 9.17) is 0 Å². The minimum atomic E-state index is -0.143. The van der Waals surface area contributed by atoms with E-state index in [1.54, 1.807) is 17.7 Å². The lowest BCUT2D eigenvalue weighted by atomic mass is 10.0. The molecule has 1 aliphatic heterocycles. The van der Waals surface area contributed by atoms with Gasteiger partial charge in [0.1, 0.15) is 0 Å². The van der Waals surface area contributed by atoms with Crippen molar-refractivity contribution in [3.8, 4) is 0 Å². The number of anilines is 1. The van der Waals surface area contributed by atoms with Crippen LogP contribution in [0.1, 0.15) is 34.7 Å². The second-order valence-corrected chi connectivity index (χ2v) is 7.38. The molecule has 1 atom stereocenters. The monoisotopic (exact) mass is 343 g/mol. The van der Waals surface area contributed by atoms with Crippen molar-refractivity contribution in [2.45, 2.75) is 45.3 Å². The maximum atomic E-state index is 12.5. The number of hydrogen-bond donors (Lipinski definition) is 1. The Morgan fingerprint density at radius 2 is 1.92 bits per heavy atom. The van der Waals surface area contributed by atoms with E-state index in [1.807, 2.05) is 20.8 Å². The molecule has 0 radical (unpaired) electrons. The molecule has 2 heterocycles. The minimum Gasteiger partial charge on any atom is -0.326 e. The van der Waals surface area contributed by atoms with Crippen LogP contribution in [0, 0.1) is 27.7 Å². The van der Waals surface area contributed by atoms with Crippen LogP contribution in [0.5, 0.6) is 0 Å². The SMILES string of the molecule is Cc1cc(C)c(NC(=O)CC2CSc3ncc(C)c(=O)n32)c(C)c1. The molecule has 1 aromatic carbocycles. The van der Waals surface area contributed by atoms with Gasteiger partial charge in [-0.05, 0) is 38.8 Å². The lowest BCUT2D eigenvalue weighted by molar-refractivity contribution is -0.116. The molecule has 0 aliphatic carbocycles. The maximum absolute atomic E-state index is 12.5. The number of hydrogen-bond acceptors (Lipinski definition) is 4. The number of aromatic nitrogens is 2. The molecule has 0 bridgehead atoms. The first-order valence-corrected chi connectivity index (χ1v) is 8.94. The summed E-state index contributed by atoms with van der Waals surface area (Å²) in [5.41, 5.74) is 4.71. The zero-order valence-corrected chi connectivity index (χ0v) is 15.2. The van der Waals surface area contributed by atoms with Crippen molar-refractivity contribution in [3.63, 3.8) is 0 Å². The number of nitrogens with one attached hydrogen (secondary N) is 1. The molecule has 2 aromatic rings. The minimum absolute atomic E-state index is 0.0505. The van der Waals surface area contributed by atoms with E-state index in [9.17, 15) is 9.59 Å². The van der Waals surface area contributed by atoms with Gasteiger partial charge in [-0.3, -0.25) is 14.2 Å². The van der Waals surface area contributed by atoms with Crippen LogP contribution in [-0.4, -0.2) is 21.2 Å². The molecule has 126 valence electrons. The van der Waals surface area contributed by atoms with Crippen molar-refractivity contribution in [1.82, 2.24) is 9.55 Å². The van der Waals surface area contributed by atoms with Gasteiger partial charge in [-0.25, -0.2) is 4.98 Å². The molecule has 5 nitrogen and oxygen atoms in total. The van der Waals surface area contributed by atoms with E-state index in [1.165, 1.54) is 17.3 Å². The number of carbonyl (C=O) groups is 1. The van der Waals surface area contributed by atoms with E-state index in [0.717, 1.165) is 16.8 Å². The van der Waals surface area contributed by atoms with Crippen molar-refractivity contribution < 1.29 is 4.79 Å². The van der Waals surface area contributed by atoms with Crippen LogP contribution in [0.3, 0.4) is 0 Å². The van der Waals surface area contributed by atoms with Gasteiger partial charge < -0.3 is 5.32 Å². The van der Waals surface area contributed by atoms with Gasteiger partial charge in [0.2, 0.25) is 5.91 Å². The Hall–Kier alpha value is -2.08. The average Bonchev–Trinajstić information content (AvgIpc) is 2.90. The van der Waals surface area contributed by atoms with Gasteiger partial charge in [-0.15, -0.1) is 0 Å². The van der Waals surface area contributed by atoms with Gasteiger partial charge in [-0.2, -0.15) is 0 Å². The number of fused-ring (bicyclic) bond motifs is 1. The zero-order valence-electron chi connectivity index (χ0n) is 14.3. The first-order chi connectivity index (χ1) is 11.4. The van der Waals surface area contributed by atoms with Crippen LogP contribution in [0.2, 0.25) is 0 Å². The van der Waals surface area contributed by atoms with Crippen LogP contribution in [0.15, 0.2) is 28.3 Å². The lowest BCUT2D eigenvalue weighted by Crippen LogP contribution is -2.29. The predicted octanol–water partition coefficient (Wildman–Crippen LogP) is 3.15. The van der Waals surface area contributed by atoms with Crippen molar-refractivity contribution >= 4 is 23.4 Å². The Balaban J connectivity index is 1.79. The molecule has 1 aliphatic rings. The molecule has 24 heavy (non-hydrogen) atoms. The number of aryl methyl sites for hydroxylation is 4. The Kier molecular flexibility index (Phi) is 4.49. The largest absolute Gasteiger partial charge is 0.326 e. The predicted molar refractivity (Wildman–Crippen MR) is 96.9 cm³/mol. The summed E-state index contributed by atoms with van der Waals surface area (Å²) in [4.78, 5) is 29.1. The van der Waals surface area contributed by atoms with Crippen molar-refractivity contribution in [2.24, 2.45) is 0 Å². The summed E-state index contributed by atoms with van der Waals surface area (Å²) in [6.45, 7) is 7.78. The molecule has 0 saturated heterocycles. The molecule has 0 spiro atoms. The highest BCUT2D eigenvalue weighted by molar-refractivity contribution is 7.99. The van der Waals surface area contributed by atoms with Gasteiger partial charge in [0.15, 0.2) is 5.16 Å². The second kappa shape index (κ2) is 6.43. The average molecular weight is 343 g/mol. The summed E-state index contributed by atoms with van der Waals surface area (Å²) < 4.78 is 1.66. The maximum Gasteiger partial charge on any atom is 0.257 e. The summed E-state index contributed by atoms with van der Waals surface area (Å²) in [6, 6.07) is 3.97. The Morgan fingerprint density at radius 3 is 2.58 bits per heavy atom. The molecule has 0 fully saturated rings. The fourth-order valence-electron chi connectivity index (χ4n) is 3.15. The fraction of sp³-hybridized carbons (Fsp3) is 0.389. The third kappa shape index (κ3) is 3.11. The van der Waals surface area contributed by atoms with E-state index in [-0.39, 0.29) is 23.9 Å². The number of benzene rings is 1. The first kappa shape index (κ1) is 16.8. The van der Waals surface area contributed by atoms with Gasteiger partial charge >= 0.3 is 0 Å². The van der Waals surface area contributed by atoms with Gasteiger partial charge in [0.25, 0.3) is 5.56 Å². The normalized spacial score (nSPS) is 16.1. The first-order valence-electron chi connectivity index (χ1n) is 7.95. The third-order valence-electron chi connectivity index (χ3n) is 4.26. The van der Waals surface area contributed by atoms with Gasteiger partial charge in [-0.1, -0.05) is 29.5 Å². The Morgan fingerprint density at radius 1 is 1.25 bits per heavy atom. The summed E-state index contributed by atoms with van der Waals surface area (Å²) in [5, 5.41) is 3.71. The number of thioether (sulfide) groups is 1. The molecule has 0 saturated carbocycles. The number of amides is 1. The molecule has 6 heteroatoms. The van der Waals surface area contributed by atoms with E-state index in [0.29, 0.717) is 16.5 Å². The van der Waals surface area contributed by atoms with Crippen molar-refractivity contribution in [1.29, 1.82) is 0 Å². The smallest absolute Gasteiger partial charge is 0.257 e. The van der Waals surface area contributed by atoms with Gasteiger partial charge in [0.05, 0.1) is 6.04 Å². The molecule has 1 aromatic heterocycles. The number of carbonyl (C=O) groups excluding carboxylic acids is 1. The van der Waals surface area contributed by atoms with Crippen LogP contribution >= 0.6 is 11.8 Å². The quantitative estimate of drug-likeness (QED) is 0.870.